The fraction of sp³-hybridized carbons (Fsp3) is 0.310. The maximum Gasteiger partial charge on any atom is 0.264 e. The SMILES string of the molecule is CC[C@@H](C)NC(=O)[C@H](C)N(Cc1ccc(C)cc1)C(=O)CN(c1ccc(Br)cc1)S(=O)(=O)c1ccccc1. The number of carbonyl (C=O) groups excluding carboxylic acids is 2. The molecule has 3 rings (SSSR count). The molecule has 0 aliphatic carbocycles. The minimum absolute atomic E-state index is 0.0565. The first-order valence-corrected chi connectivity index (χ1v) is 14.7. The van der Waals surface area contributed by atoms with E-state index in [4.69, 9.17) is 0 Å². The van der Waals surface area contributed by atoms with E-state index in [-0.39, 0.29) is 23.4 Å². The number of aryl methyl sites for hydroxylation is 1. The topological polar surface area (TPSA) is 86.8 Å². The molecule has 9 heteroatoms. The second kappa shape index (κ2) is 13.1. The van der Waals surface area contributed by atoms with Crippen LogP contribution in [0.2, 0.25) is 0 Å². The predicted octanol–water partition coefficient (Wildman–Crippen LogP) is 5.28. The van der Waals surface area contributed by atoms with Crippen LogP contribution >= 0.6 is 15.9 Å². The maximum absolute atomic E-state index is 13.9. The number of sulfonamides is 1. The second-order valence-corrected chi connectivity index (χ2v) is 12.1. The van der Waals surface area contributed by atoms with Gasteiger partial charge in [0, 0.05) is 17.1 Å². The van der Waals surface area contributed by atoms with E-state index in [0.717, 1.165) is 26.3 Å². The van der Waals surface area contributed by atoms with Gasteiger partial charge in [0.25, 0.3) is 10.0 Å². The molecule has 0 saturated heterocycles. The van der Waals surface area contributed by atoms with Crippen molar-refractivity contribution >= 4 is 43.5 Å². The number of rotatable bonds is 11. The molecule has 3 aromatic carbocycles. The Kier molecular flexibility index (Phi) is 10.1. The van der Waals surface area contributed by atoms with Crippen LogP contribution in [0.1, 0.15) is 38.3 Å². The monoisotopic (exact) mass is 599 g/mol. The molecule has 0 aliphatic heterocycles. The van der Waals surface area contributed by atoms with Crippen molar-refractivity contribution in [2.75, 3.05) is 10.8 Å². The van der Waals surface area contributed by atoms with Crippen molar-refractivity contribution in [1.29, 1.82) is 0 Å². The summed E-state index contributed by atoms with van der Waals surface area (Å²) in [4.78, 5) is 28.5. The average Bonchev–Trinajstić information content (AvgIpc) is 2.91. The van der Waals surface area contributed by atoms with Crippen LogP contribution in [0.3, 0.4) is 0 Å². The average molecular weight is 601 g/mol. The van der Waals surface area contributed by atoms with E-state index >= 15 is 0 Å². The maximum atomic E-state index is 13.9. The van der Waals surface area contributed by atoms with Gasteiger partial charge in [-0.1, -0.05) is 70.9 Å². The molecular formula is C29H34BrN3O4S. The van der Waals surface area contributed by atoms with E-state index in [2.05, 4.69) is 21.2 Å². The van der Waals surface area contributed by atoms with Gasteiger partial charge in [0.15, 0.2) is 0 Å². The van der Waals surface area contributed by atoms with Crippen LogP contribution < -0.4 is 9.62 Å². The number of carbonyl (C=O) groups is 2. The van der Waals surface area contributed by atoms with Gasteiger partial charge in [-0.15, -0.1) is 0 Å². The van der Waals surface area contributed by atoms with Crippen LogP contribution in [-0.2, 0) is 26.2 Å². The molecule has 0 radical (unpaired) electrons. The number of benzene rings is 3. The largest absolute Gasteiger partial charge is 0.352 e. The summed E-state index contributed by atoms with van der Waals surface area (Å²) in [6, 6.07) is 21.5. The molecule has 3 aromatic rings. The van der Waals surface area contributed by atoms with Gasteiger partial charge in [-0.3, -0.25) is 13.9 Å². The molecule has 202 valence electrons. The third-order valence-corrected chi connectivity index (χ3v) is 8.68. The smallest absolute Gasteiger partial charge is 0.264 e. The van der Waals surface area contributed by atoms with Gasteiger partial charge < -0.3 is 10.2 Å². The molecule has 2 atom stereocenters. The Morgan fingerprint density at radius 2 is 1.53 bits per heavy atom. The Morgan fingerprint density at radius 1 is 0.921 bits per heavy atom. The number of halogens is 1. The van der Waals surface area contributed by atoms with Crippen molar-refractivity contribution in [3.8, 4) is 0 Å². The molecule has 1 N–H and O–H groups in total. The van der Waals surface area contributed by atoms with Crippen LogP contribution in [0.5, 0.6) is 0 Å². The molecule has 0 spiro atoms. The third-order valence-electron chi connectivity index (χ3n) is 6.37. The quantitative estimate of drug-likeness (QED) is 0.324. The highest BCUT2D eigenvalue weighted by Gasteiger charge is 2.32. The summed E-state index contributed by atoms with van der Waals surface area (Å²) in [6.45, 7) is 7.20. The Balaban J connectivity index is 2.00. The molecule has 0 aliphatic rings. The fourth-order valence-electron chi connectivity index (χ4n) is 3.79. The van der Waals surface area contributed by atoms with Gasteiger partial charge in [0.05, 0.1) is 10.6 Å². The summed E-state index contributed by atoms with van der Waals surface area (Å²) in [5.74, 6) is -0.777. The lowest BCUT2D eigenvalue weighted by atomic mass is 10.1. The predicted molar refractivity (Wildman–Crippen MR) is 154 cm³/mol. The molecular weight excluding hydrogens is 566 g/mol. The molecule has 0 aromatic heterocycles. The van der Waals surface area contributed by atoms with Crippen LogP contribution in [0.15, 0.2) is 88.2 Å². The van der Waals surface area contributed by atoms with Crippen molar-refractivity contribution in [2.45, 2.75) is 57.6 Å². The molecule has 0 unspecified atom stereocenters. The minimum Gasteiger partial charge on any atom is -0.352 e. The van der Waals surface area contributed by atoms with Crippen molar-refractivity contribution in [2.24, 2.45) is 0 Å². The zero-order valence-electron chi connectivity index (χ0n) is 22.1. The first-order chi connectivity index (χ1) is 18.0. The van der Waals surface area contributed by atoms with E-state index in [1.165, 1.54) is 17.0 Å². The number of nitrogens with zero attached hydrogens (tertiary/aromatic N) is 2. The van der Waals surface area contributed by atoms with E-state index in [1.807, 2.05) is 45.0 Å². The highest BCUT2D eigenvalue weighted by Crippen LogP contribution is 2.26. The highest BCUT2D eigenvalue weighted by atomic mass is 79.9. The lowest BCUT2D eigenvalue weighted by molar-refractivity contribution is -0.139. The van der Waals surface area contributed by atoms with Crippen molar-refractivity contribution in [3.05, 3.63) is 94.5 Å². The van der Waals surface area contributed by atoms with E-state index in [1.54, 1.807) is 49.4 Å². The van der Waals surface area contributed by atoms with Crippen LogP contribution in [0, 0.1) is 6.92 Å². The van der Waals surface area contributed by atoms with E-state index < -0.39 is 28.5 Å². The third kappa shape index (κ3) is 7.45. The molecule has 0 saturated carbocycles. The first kappa shape index (κ1) is 29.4. The van der Waals surface area contributed by atoms with Crippen LogP contribution in [0.4, 0.5) is 5.69 Å². The number of hydrogen-bond donors (Lipinski definition) is 1. The summed E-state index contributed by atoms with van der Waals surface area (Å²) in [5.41, 5.74) is 2.26. The summed E-state index contributed by atoms with van der Waals surface area (Å²) >= 11 is 3.38. The van der Waals surface area contributed by atoms with Crippen LogP contribution in [0.25, 0.3) is 0 Å². The lowest BCUT2D eigenvalue weighted by Crippen LogP contribution is -2.52. The molecule has 0 fully saturated rings. The van der Waals surface area contributed by atoms with E-state index in [9.17, 15) is 18.0 Å². The lowest BCUT2D eigenvalue weighted by Gasteiger charge is -2.32. The van der Waals surface area contributed by atoms with Crippen molar-refractivity contribution < 1.29 is 18.0 Å². The Labute approximate surface area is 234 Å². The molecule has 0 heterocycles. The number of nitrogens with one attached hydrogen (secondary N) is 1. The van der Waals surface area contributed by atoms with Gasteiger partial charge in [-0.2, -0.15) is 0 Å². The van der Waals surface area contributed by atoms with Gasteiger partial charge in [0.2, 0.25) is 11.8 Å². The Bertz CT molecular complexity index is 1330. The van der Waals surface area contributed by atoms with Crippen molar-refractivity contribution in [1.82, 2.24) is 10.2 Å². The number of anilines is 1. The summed E-state index contributed by atoms with van der Waals surface area (Å²) in [5, 5.41) is 2.94. The molecule has 38 heavy (non-hydrogen) atoms. The van der Waals surface area contributed by atoms with Gasteiger partial charge in [-0.05, 0) is 69.2 Å². The number of amides is 2. The Hall–Kier alpha value is -3.17. The Morgan fingerprint density at radius 3 is 2.11 bits per heavy atom. The molecule has 2 amide bonds. The zero-order chi connectivity index (χ0) is 27.9. The minimum atomic E-state index is -4.07. The van der Waals surface area contributed by atoms with Gasteiger partial charge in [-0.25, -0.2) is 8.42 Å². The molecule has 0 bridgehead atoms. The van der Waals surface area contributed by atoms with Crippen LogP contribution in [-0.4, -0.2) is 43.8 Å². The summed E-state index contributed by atoms with van der Waals surface area (Å²) in [7, 11) is -4.07. The van der Waals surface area contributed by atoms with Crippen molar-refractivity contribution in [3.63, 3.8) is 0 Å². The van der Waals surface area contributed by atoms with Gasteiger partial charge >= 0.3 is 0 Å². The first-order valence-electron chi connectivity index (χ1n) is 12.5. The standard InChI is InChI=1S/C29H34BrN3O4S/c1-5-22(3)31-29(35)23(4)32(19-24-13-11-21(2)12-14-24)28(34)20-33(26-17-15-25(30)16-18-26)38(36,37)27-9-7-6-8-10-27/h6-18,22-23H,5,19-20H2,1-4H3,(H,31,35)/t22-,23+/m1/s1. The van der Waals surface area contributed by atoms with E-state index in [0.29, 0.717) is 5.69 Å². The highest BCUT2D eigenvalue weighted by molar-refractivity contribution is 9.10. The normalized spacial score (nSPS) is 12.9. The molecule has 7 nitrogen and oxygen atoms in total. The fourth-order valence-corrected chi connectivity index (χ4v) is 5.49. The number of hydrogen-bond acceptors (Lipinski definition) is 4. The summed E-state index contributed by atoms with van der Waals surface area (Å²) < 4.78 is 29.3. The zero-order valence-corrected chi connectivity index (χ0v) is 24.5. The summed E-state index contributed by atoms with van der Waals surface area (Å²) in [6.07, 6.45) is 0.747. The second-order valence-electron chi connectivity index (χ2n) is 9.30. The van der Waals surface area contributed by atoms with Gasteiger partial charge in [0.1, 0.15) is 12.6 Å².